The summed E-state index contributed by atoms with van der Waals surface area (Å²) in [5.41, 5.74) is 0.714. The summed E-state index contributed by atoms with van der Waals surface area (Å²) in [6.07, 6.45) is 5.64. The largest absolute Gasteiger partial charge is 0.486 e. The van der Waals surface area contributed by atoms with Crippen molar-refractivity contribution in [3.63, 3.8) is 0 Å². The molecule has 1 saturated carbocycles. The second-order valence-electron chi connectivity index (χ2n) is 9.39. The molecule has 8 nitrogen and oxygen atoms in total. The second-order valence-corrected chi connectivity index (χ2v) is 9.39. The molecule has 32 heavy (non-hydrogen) atoms. The summed E-state index contributed by atoms with van der Waals surface area (Å²) in [6.45, 7) is 3.10. The standard InChI is InChI=1S/C24H31N3O5/c28-22(25-18-2-5-20-21(14-18)32-12-11-31-20)6-1-16-7-9-26(10-8-16)24(30)17-13-23(29)27(15-17)19-3-4-19/h2,5,14,16-17,19H,1,3-4,6-13,15H2,(H,25,28)/t17-/m1/s1. The first kappa shape index (κ1) is 21.1. The molecule has 5 rings (SSSR count). The van der Waals surface area contributed by atoms with E-state index in [-0.39, 0.29) is 23.6 Å². The summed E-state index contributed by atoms with van der Waals surface area (Å²) in [4.78, 5) is 41.3. The zero-order valence-corrected chi connectivity index (χ0v) is 18.4. The predicted molar refractivity (Wildman–Crippen MR) is 117 cm³/mol. The number of ether oxygens (including phenoxy) is 2. The van der Waals surface area contributed by atoms with Crippen LogP contribution in [0.5, 0.6) is 11.5 Å². The zero-order valence-electron chi connectivity index (χ0n) is 18.4. The summed E-state index contributed by atoms with van der Waals surface area (Å²) < 4.78 is 11.1. The fraction of sp³-hybridized carbons (Fsp3) is 0.625. The van der Waals surface area contributed by atoms with Crippen molar-refractivity contribution >= 4 is 23.4 Å². The summed E-state index contributed by atoms with van der Waals surface area (Å²) in [6, 6.07) is 5.83. The second kappa shape index (κ2) is 9.00. The van der Waals surface area contributed by atoms with Gasteiger partial charge in [-0.1, -0.05) is 0 Å². The molecular formula is C24H31N3O5. The number of nitrogens with zero attached hydrogens (tertiary/aromatic N) is 2. The van der Waals surface area contributed by atoms with Crippen LogP contribution in [0.3, 0.4) is 0 Å². The quantitative estimate of drug-likeness (QED) is 0.733. The highest BCUT2D eigenvalue weighted by Crippen LogP contribution is 2.34. The molecule has 4 aliphatic rings. The van der Waals surface area contributed by atoms with E-state index < -0.39 is 0 Å². The maximum absolute atomic E-state index is 12.9. The van der Waals surface area contributed by atoms with E-state index in [1.165, 1.54) is 0 Å². The van der Waals surface area contributed by atoms with E-state index in [4.69, 9.17) is 9.47 Å². The van der Waals surface area contributed by atoms with E-state index in [1.54, 1.807) is 6.07 Å². The number of anilines is 1. The summed E-state index contributed by atoms with van der Waals surface area (Å²) in [5.74, 6) is 1.91. The maximum atomic E-state index is 12.9. The van der Waals surface area contributed by atoms with Gasteiger partial charge in [-0.25, -0.2) is 0 Å². The van der Waals surface area contributed by atoms with Crippen LogP contribution in [0.2, 0.25) is 0 Å². The van der Waals surface area contributed by atoms with Crippen molar-refractivity contribution in [1.82, 2.24) is 9.80 Å². The molecule has 1 aliphatic carbocycles. The maximum Gasteiger partial charge on any atom is 0.227 e. The molecule has 3 fully saturated rings. The summed E-state index contributed by atoms with van der Waals surface area (Å²) in [5, 5.41) is 2.94. The molecule has 0 radical (unpaired) electrons. The van der Waals surface area contributed by atoms with Gasteiger partial charge in [0.25, 0.3) is 0 Å². The number of piperidine rings is 1. The van der Waals surface area contributed by atoms with Crippen LogP contribution < -0.4 is 14.8 Å². The van der Waals surface area contributed by atoms with Gasteiger partial charge < -0.3 is 24.6 Å². The number of fused-ring (bicyclic) bond motifs is 1. The molecule has 1 N–H and O–H groups in total. The van der Waals surface area contributed by atoms with Crippen LogP contribution in [0.15, 0.2) is 18.2 Å². The fourth-order valence-electron chi connectivity index (χ4n) is 5.02. The molecule has 0 bridgehead atoms. The molecule has 0 spiro atoms. The first-order chi connectivity index (χ1) is 15.6. The van der Waals surface area contributed by atoms with E-state index in [2.05, 4.69) is 5.32 Å². The first-order valence-electron chi connectivity index (χ1n) is 11.8. The smallest absolute Gasteiger partial charge is 0.227 e. The van der Waals surface area contributed by atoms with E-state index in [0.717, 1.165) is 45.2 Å². The molecule has 1 aromatic carbocycles. The lowest BCUT2D eigenvalue weighted by Gasteiger charge is -2.33. The van der Waals surface area contributed by atoms with Crippen molar-refractivity contribution in [3.05, 3.63) is 18.2 Å². The molecule has 172 valence electrons. The van der Waals surface area contributed by atoms with Gasteiger partial charge in [-0.3, -0.25) is 14.4 Å². The van der Waals surface area contributed by atoms with Gasteiger partial charge in [0.2, 0.25) is 17.7 Å². The molecule has 3 heterocycles. The molecule has 2 saturated heterocycles. The summed E-state index contributed by atoms with van der Waals surface area (Å²) >= 11 is 0. The van der Waals surface area contributed by atoms with Gasteiger partial charge in [-0.15, -0.1) is 0 Å². The highest BCUT2D eigenvalue weighted by Gasteiger charge is 2.43. The van der Waals surface area contributed by atoms with Gasteiger partial charge >= 0.3 is 0 Å². The van der Waals surface area contributed by atoms with Gasteiger partial charge in [0.1, 0.15) is 13.2 Å². The number of carbonyl (C=O) groups is 3. The van der Waals surface area contributed by atoms with Crippen LogP contribution >= 0.6 is 0 Å². The Morgan fingerprint density at radius 1 is 1.03 bits per heavy atom. The average Bonchev–Trinajstić information content (AvgIpc) is 3.58. The average molecular weight is 442 g/mol. The van der Waals surface area contributed by atoms with E-state index in [9.17, 15) is 14.4 Å². The van der Waals surface area contributed by atoms with Crippen LogP contribution in [0.4, 0.5) is 5.69 Å². The number of likely N-dealkylation sites (tertiary alicyclic amines) is 2. The van der Waals surface area contributed by atoms with Crippen LogP contribution in [0.25, 0.3) is 0 Å². The molecule has 3 aliphatic heterocycles. The third kappa shape index (κ3) is 4.69. The van der Waals surface area contributed by atoms with Gasteiger partial charge in [0.05, 0.1) is 5.92 Å². The lowest BCUT2D eigenvalue weighted by molar-refractivity contribution is -0.137. The van der Waals surface area contributed by atoms with E-state index in [0.29, 0.717) is 61.7 Å². The van der Waals surface area contributed by atoms with Gasteiger partial charge in [0, 0.05) is 50.3 Å². The molecule has 0 unspecified atom stereocenters. The Bertz CT molecular complexity index is 892. The van der Waals surface area contributed by atoms with Crippen molar-refractivity contribution in [3.8, 4) is 11.5 Å². The Kier molecular flexibility index (Phi) is 5.93. The van der Waals surface area contributed by atoms with Crippen molar-refractivity contribution in [2.75, 3.05) is 38.2 Å². The minimum absolute atomic E-state index is 0.00943. The molecule has 1 atom stereocenters. The van der Waals surface area contributed by atoms with Crippen molar-refractivity contribution in [2.24, 2.45) is 11.8 Å². The minimum atomic E-state index is -0.170. The van der Waals surface area contributed by atoms with Crippen molar-refractivity contribution in [1.29, 1.82) is 0 Å². The van der Waals surface area contributed by atoms with E-state index in [1.807, 2.05) is 21.9 Å². The number of carbonyl (C=O) groups excluding carboxylic acids is 3. The van der Waals surface area contributed by atoms with Crippen molar-refractivity contribution in [2.45, 2.75) is 51.0 Å². The van der Waals surface area contributed by atoms with E-state index >= 15 is 0 Å². The number of benzene rings is 1. The Morgan fingerprint density at radius 2 is 1.78 bits per heavy atom. The Morgan fingerprint density at radius 3 is 2.53 bits per heavy atom. The zero-order chi connectivity index (χ0) is 22.1. The molecule has 0 aromatic heterocycles. The third-order valence-electron chi connectivity index (χ3n) is 7.03. The van der Waals surface area contributed by atoms with Crippen LogP contribution in [0.1, 0.15) is 44.9 Å². The lowest BCUT2D eigenvalue weighted by Crippen LogP contribution is -2.42. The first-order valence-corrected chi connectivity index (χ1v) is 11.8. The number of amides is 3. The highest BCUT2D eigenvalue weighted by molar-refractivity contribution is 5.91. The Hall–Kier alpha value is -2.77. The normalized spacial score (nSPS) is 23.4. The van der Waals surface area contributed by atoms with Crippen LogP contribution in [-0.4, -0.2) is 66.4 Å². The van der Waals surface area contributed by atoms with Crippen molar-refractivity contribution < 1.29 is 23.9 Å². The molecule has 3 amide bonds. The highest BCUT2D eigenvalue weighted by atomic mass is 16.6. The number of rotatable bonds is 6. The molecule has 8 heteroatoms. The lowest BCUT2D eigenvalue weighted by atomic mass is 9.91. The SMILES string of the molecule is O=C(CCC1CCN(C(=O)[C@@H]2CC(=O)N(C3CC3)C2)CC1)Nc1ccc2c(c1)OCCO2. The Balaban J connectivity index is 1.04. The van der Waals surface area contributed by atoms with Crippen LogP contribution in [-0.2, 0) is 14.4 Å². The van der Waals surface area contributed by atoms with Gasteiger partial charge in [-0.05, 0) is 50.2 Å². The third-order valence-corrected chi connectivity index (χ3v) is 7.03. The van der Waals surface area contributed by atoms with Gasteiger partial charge in [0.15, 0.2) is 11.5 Å². The fourth-order valence-corrected chi connectivity index (χ4v) is 5.02. The Labute approximate surface area is 188 Å². The molecular weight excluding hydrogens is 410 g/mol. The number of hydrogen-bond acceptors (Lipinski definition) is 5. The summed E-state index contributed by atoms with van der Waals surface area (Å²) in [7, 11) is 0. The topological polar surface area (TPSA) is 88.2 Å². The number of nitrogens with one attached hydrogen (secondary N) is 1. The molecule has 1 aromatic rings. The predicted octanol–water partition coefficient (Wildman–Crippen LogP) is 2.43. The monoisotopic (exact) mass is 441 g/mol. The minimum Gasteiger partial charge on any atom is -0.486 e. The number of hydrogen-bond donors (Lipinski definition) is 1. The van der Waals surface area contributed by atoms with Gasteiger partial charge in [-0.2, -0.15) is 0 Å². The van der Waals surface area contributed by atoms with Crippen LogP contribution in [0, 0.1) is 11.8 Å².